The van der Waals surface area contributed by atoms with Crippen LogP contribution in [0.25, 0.3) is 11.3 Å². The first kappa shape index (κ1) is 18.4. The summed E-state index contributed by atoms with van der Waals surface area (Å²) in [5, 5.41) is 7.08. The summed E-state index contributed by atoms with van der Waals surface area (Å²) < 4.78 is 10.8. The van der Waals surface area contributed by atoms with Crippen LogP contribution in [0.1, 0.15) is 22.1 Å². The van der Waals surface area contributed by atoms with Gasteiger partial charge in [-0.2, -0.15) is 0 Å². The molecule has 1 aromatic heterocycles. The SMILES string of the molecule is O=C(NC(CN1CCOCC1)c1ccccc1)c1cc(-c2ccccc2)on1. The fraction of sp³-hybridized carbons (Fsp3) is 0.273. The minimum absolute atomic E-state index is 0.135. The van der Waals surface area contributed by atoms with Gasteiger partial charge in [0.1, 0.15) is 0 Å². The van der Waals surface area contributed by atoms with Crippen molar-refractivity contribution in [3.05, 3.63) is 78.0 Å². The number of amides is 1. The molecular weight excluding hydrogens is 354 g/mol. The predicted octanol–water partition coefficient (Wildman–Crippen LogP) is 3.14. The zero-order valence-corrected chi connectivity index (χ0v) is 15.6. The summed E-state index contributed by atoms with van der Waals surface area (Å²) in [5.41, 5.74) is 2.23. The van der Waals surface area contributed by atoms with Crippen molar-refractivity contribution in [3.63, 3.8) is 0 Å². The Morgan fingerprint density at radius 2 is 1.71 bits per heavy atom. The zero-order chi connectivity index (χ0) is 19.2. The number of nitrogens with zero attached hydrogens (tertiary/aromatic N) is 2. The van der Waals surface area contributed by atoms with E-state index in [2.05, 4.69) is 15.4 Å². The molecule has 1 amide bonds. The smallest absolute Gasteiger partial charge is 0.274 e. The first-order valence-electron chi connectivity index (χ1n) is 9.47. The summed E-state index contributed by atoms with van der Waals surface area (Å²) in [6.45, 7) is 3.89. The molecule has 4 rings (SSSR count). The van der Waals surface area contributed by atoms with Gasteiger partial charge in [-0.1, -0.05) is 65.8 Å². The molecule has 6 heteroatoms. The van der Waals surface area contributed by atoms with Crippen molar-refractivity contribution in [2.75, 3.05) is 32.8 Å². The van der Waals surface area contributed by atoms with Gasteiger partial charge >= 0.3 is 0 Å². The largest absolute Gasteiger partial charge is 0.379 e. The lowest BCUT2D eigenvalue weighted by Crippen LogP contribution is -2.43. The average molecular weight is 377 g/mol. The van der Waals surface area contributed by atoms with Crippen LogP contribution in [-0.2, 0) is 4.74 Å². The molecule has 6 nitrogen and oxygen atoms in total. The second kappa shape index (κ2) is 8.82. The monoisotopic (exact) mass is 377 g/mol. The van der Waals surface area contributed by atoms with Gasteiger partial charge in [-0.05, 0) is 5.56 Å². The molecule has 2 heterocycles. The minimum atomic E-state index is -0.243. The van der Waals surface area contributed by atoms with Crippen LogP contribution in [0.3, 0.4) is 0 Å². The quantitative estimate of drug-likeness (QED) is 0.715. The number of carbonyl (C=O) groups excluding carboxylic acids is 1. The number of benzene rings is 2. The molecule has 2 aromatic carbocycles. The fourth-order valence-electron chi connectivity index (χ4n) is 3.31. The van der Waals surface area contributed by atoms with E-state index in [9.17, 15) is 4.79 Å². The lowest BCUT2D eigenvalue weighted by molar-refractivity contribution is 0.0332. The third-order valence-corrected chi connectivity index (χ3v) is 4.85. The first-order valence-corrected chi connectivity index (χ1v) is 9.47. The third kappa shape index (κ3) is 4.47. The van der Waals surface area contributed by atoms with Gasteiger partial charge in [0.2, 0.25) is 0 Å². The fourth-order valence-corrected chi connectivity index (χ4v) is 3.31. The maximum atomic E-state index is 12.8. The van der Waals surface area contributed by atoms with E-state index in [4.69, 9.17) is 9.26 Å². The Morgan fingerprint density at radius 1 is 1.04 bits per heavy atom. The standard InChI is InChI=1S/C22H23N3O3/c26-22(19-15-21(28-24-19)18-9-5-2-6-10-18)23-20(17-7-3-1-4-8-17)16-25-11-13-27-14-12-25/h1-10,15,20H,11-14,16H2,(H,23,26). The highest BCUT2D eigenvalue weighted by Gasteiger charge is 2.22. The molecule has 1 saturated heterocycles. The van der Waals surface area contributed by atoms with Crippen molar-refractivity contribution >= 4 is 5.91 Å². The Morgan fingerprint density at radius 3 is 2.43 bits per heavy atom. The molecule has 28 heavy (non-hydrogen) atoms. The van der Waals surface area contributed by atoms with Crippen molar-refractivity contribution in [3.8, 4) is 11.3 Å². The molecule has 0 spiro atoms. The molecule has 0 saturated carbocycles. The second-order valence-corrected chi connectivity index (χ2v) is 6.79. The normalized spacial score (nSPS) is 15.9. The molecule has 1 aliphatic heterocycles. The van der Waals surface area contributed by atoms with E-state index < -0.39 is 0 Å². The van der Waals surface area contributed by atoms with Gasteiger partial charge in [0.05, 0.1) is 19.3 Å². The van der Waals surface area contributed by atoms with Gasteiger partial charge in [-0.3, -0.25) is 9.69 Å². The lowest BCUT2D eigenvalue weighted by Gasteiger charge is -2.31. The molecule has 1 fully saturated rings. The number of rotatable bonds is 6. The number of carbonyl (C=O) groups is 1. The van der Waals surface area contributed by atoms with Crippen molar-refractivity contribution < 1.29 is 14.1 Å². The Hall–Kier alpha value is -2.96. The summed E-state index contributed by atoms with van der Waals surface area (Å²) in [4.78, 5) is 15.1. The minimum Gasteiger partial charge on any atom is -0.379 e. The summed E-state index contributed by atoms with van der Waals surface area (Å²) in [7, 11) is 0. The maximum Gasteiger partial charge on any atom is 0.274 e. The second-order valence-electron chi connectivity index (χ2n) is 6.79. The van der Waals surface area contributed by atoms with E-state index in [1.807, 2.05) is 60.7 Å². The van der Waals surface area contributed by atoms with Crippen molar-refractivity contribution in [1.82, 2.24) is 15.4 Å². The molecule has 0 aliphatic carbocycles. The highest BCUT2D eigenvalue weighted by atomic mass is 16.5. The number of hydrogen-bond acceptors (Lipinski definition) is 5. The molecule has 1 N–H and O–H groups in total. The van der Waals surface area contributed by atoms with E-state index in [0.29, 0.717) is 5.76 Å². The molecule has 0 bridgehead atoms. The molecule has 1 aliphatic rings. The van der Waals surface area contributed by atoms with E-state index in [1.165, 1.54) is 0 Å². The Balaban J connectivity index is 1.49. The van der Waals surface area contributed by atoms with Crippen LogP contribution in [0, 0.1) is 0 Å². The zero-order valence-electron chi connectivity index (χ0n) is 15.6. The molecule has 1 unspecified atom stereocenters. The number of hydrogen-bond donors (Lipinski definition) is 1. The Labute approximate surface area is 164 Å². The van der Waals surface area contributed by atoms with Crippen molar-refractivity contribution in [2.24, 2.45) is 0 Å². The summed E-state index contributed by atoms with van der Waals surface area (Å²) in [5.74, 6) is 0.336. The van der Waals surface area contributed by atoms with Crippen molar-refractivity contribution in [2.45, 2.75) is 6.04 Å². The Kier molecular flexibility index (Phi) is 5.80. The summed E-state index contributed by atoms with van der Waals surface area (Å²) in [6.07, 6.45) is 0. The first-order chi connectivity index (χ1) is 13.8. The van der Waals surface area contributed by atoms with E-state index >= 15 is 0 Å². The maximum absolute atomic E-state index is 12.8. The van der Waals surface area contributed by atoms with E-state index in [1.54, 1.807) is 6.07 Å². The van der Waals surface area contributed by atoms with Crippen LogP contribution >= 0.6 is 0 Å². The molecular formula is C22H23N3O3. The van der Waals surface area contributed by atoms with Gasteiger partial charge in [-0.15, -0.1) is 0 Å². The van der Waals surface area contributed by atoms with E-state index in [0.717, 1.165) is 44.0 Å². The van der Waals surface area contributed by atoms with Gasteiger partial charge in [0.15, 0.2) is 11.5 Å². The van der Waals surface area contributed by atoms with Crippen LogP contribution in [0.5, 0.6) is 0 Å². The van der Waals surface area contributed by atoms with Crippen LogP contribution in [0.15, 0.2) is 71.3 Å². The van der Waals surface area contributed by atoms with Crippen LogP contribution in [-0.4, -0.2) is 48.8 Å². The van der Waals surface area contributed by atoms with Crippen LogP contribution < -0.4 is 5.32 Å². The third-order valence-electron chi connectivity index (χ3n) is 4.85. The highest BCUT2D eigenvalue weighted by molar-refractivity contribution is 5.93. The average Bonchev–Trinajstić information content (AvgIpc) is 3.26. The highest BCUT2D eigenvalue weighted by Crippen LogP contribution is 2.21. The molecule has 3 aromatic rings. The topological polar surface area (TPSA) is 67.6 Å². The summed E-state index contributed by atoms with van der Waals surface area (Å²) in [6, 6.07) is 21.2. The predicted molar refractivity (Wildman–Crippen MR) is 106 cm³/mol. The van der Waals surface area contributed by atoms with E-state index in [-0.39, 0.29) is 17.6 Å². The van der Waals surface area contributed by atoms with Crippen molar-refractivity contribution in [1.29, 1.82) is 0 Å². The van der Waals surface area contributed by atoms with Gasteiger partial charge < -0.3 is 14.6 Å². The summed E-state index contributed by atoms with van der Waals surface area (Å²) >= 11 is 0. The Bertz CT molecular complexity index is 890. The van der Waals surface area contributed by atoms with Crippen LogP contribution in [0.4, 0.5) is 0 Å². The molecule has 1 atom stereocenters. The number of morpholine rings is 1. The van der Waals surface area contributed by atoms with Crippen LogP contribution in [0.2, 0.25) is 0 Å². The lowest BCUT2D eigenvalue weighted by atomic mass is 10.1. The van der Waals surface area contributed by atoms with Gasteiger partial charge in [0.25, 0.3) is 5.91 Å². The number of aromatic nitrogens is 1. The van der Waals surface area contributed by atoms with Gasteiger partial charge in [-0.25, -0.2) is 0 Å². The molecule has 0 radical (unpaired) electrons. The van der Waals surface area contributed by atoms with Gasteiger partial charge in [0, 0.05) is 31.3 Å². The molecule has 144 valence electrons. The number of nitrogens with one attached hydrogen (secondary N) is 1. The number of ether oxygens (including phenoxy) is 1.